The minimum absolute atomic E-state index is 0.194. The fourth-order valence-corrected chi connectivity index (χ4v) is 2.54. The van der Waals surface area contributed by atoms with Gasteiger partial charge in [0.2, 0.25) is 0 Å². The van der Waals surface area contributed by atoms with Gasteiger partial charge in [0.25, 0.3) is 0 Å². The van der Waals surface area contributed by atoms with Gasteiger partial charge in [-0.2, -0.15) is 0 Å². The maximum atomic E-state index is 11.3. The van der Waals surface area contributed by atoms with Crippen molar-refractivity contribution in [2.45, 2.75) is 30.2 Å². The highest BCUT2D eigenvalue weighted by Crippen LogP contribution is 2.44. The van der Waals surface area contributed by atoms with Crippen molar-refractivity contribution in [2.24, 2.45) is 5.73 Å². The number of hydrogen-bond donors (Lipinski definition) is 1. The van der Waals surface area contributed by atoms with Crippen LogP contribution in [0.2, 0.25) is 0 Å². The van der Waals surface area contributed by atoms with Crippen LogP contribution in [0.5, 0.6) is 0 Å². The van der Waals surface area contributed by atoms with Crippen molar-refractivity contribution in [3.8, 4) is 0 Å². The molecule has 15 heavy (non-hydrogen) atoms. The smallest absolute Gasteiger partial charge is 0.175 e. The molecule has 2 N–H and O–H groups in total. The van der Waals surface area contributed by atoms with Crippen molar-refractivity contribution in [3.05, 3.63) is 29.3 Å². The largest absolute Gasteiger partial charge is 0.321 e. The minimum Gasteiger partial charge on any atom is -0.321 e. The zero-order valence-electron chi connectivity index (χ0n) is 8.95. The highest BCUT2D eigenvalue weighted by Gasteiger charge is 2.40. The van der Waals surface area contributed by atoms with Crippen LogP contribution >= 0.6 is 0 Å². The first-order valence-electron chi connectivity index (χ1n) is 4.93. The molecule has 82 valence electrons. The number of benzene rings is 1. The summed E-state index contributed by atoms with van der Waals surface area (Å²) < 4.78 is 22.7. The Kier molecular flexibility index (Phi) is 2.17. The summed E-state index contributed by atoms with van der Waals surface area (Å²) >= 11 is 0. The molecule has 4 heteroatoms. The Balaban J connectivity index is 2.49. The van der Waals surface area contributed by atoms with Gasteiger partial charge in [-0.15, -0.1) is 0 Å². The second-order valence-electron chi connectivity index (χ2n) is 4.41. The van der Waals surface area contributed by atoms with E-state index in [1.54, 1.807) is 12.1 Å². The number of sulfone groups is 1. The van der Waals surface area contributed by atoms with Crippen LogP contribution in [0.1, 0.15) is 24.0 Å². The number of aryl methyl sites for hydroxylation is 1. The van der Waals surface area contributed by atoms with Crippen LogP contribution in [0.3, 0.4) is 0 Å². The summed E-state index contributed by atoms with van der Waals surface area (Å²) in [6.45, 7) is 1.91. The summed E-state index contributed by atoms with van der Waals surface area (Å²) in [5.41, 5.74) is 7.93. The molecule has 1 aliphatic carbocycles. The Morgan fingerprint density at radius 1 is 1.33 bits per heavy atom. The second-order valence-corrected chi connectivity index (χ2v) is 6.42. The van der Waals surface area contributed by atoms with E-state index in [0.717, 1.165) is 24.0 Å². The van der Waals surface area contributed by atoms with Crippen molar-refractivity contribution in [2.75, 3.05) is 6.26 Å². The van der Waals surface area contributed by atoms with Gasteiger partial charge in [0.15, 0.2) is 9.84 Å². The predicted octanol–water partition coefficient (Wildman–Crippen LogP) is 1.35. The molecule has 0 spiro atoms. The van der Waals surface area contributed by atoms with Gasteiger partial charge in [-0.25, -0.2) is 8.42 Å². The van der Waals surface area contributed by atoms with Crippen LogP contribution < -0.4 is 5.73 Å². The maximum absolute atomic E-state index is 11.3. The molecule has 1 fully saturated rings. The molecular weight excluding hydrogens is 210 g/mol. The molecule has 0 amide bonds. The summed E-state index contributed by atoms with van der Waals surface area (Å²) in [5.74, 6) is 0. The highest BCUT2D eigenvalue weighted by atomic mass is 32.2. The average molecular weight is 225 g/mol. The molecule has 0 aliphatic heterocycles. The van der Waals surface area contributed by atoms with Crippen LogP contribution in [-0.4, -0.2) is 14.7 Å². The van der Waals surface area contributed by atoms with E-state index < -0.39 is 9.84 Å². The van der Waals surface area contributed by atoms with Gasteiger partial charge in [0, 0.05) is 11.8 Å². The lowest BCUT2D eigenvalue weighted by Crippen LogP contribution is -2.20. The molecule has 1 aromatic rings. The molecule has 0 saturated heterocycles. The molecule has 0 atom stereocenters. The molecule has 0 bridgehead atoms. The molecule has 1 aromatic carbocycles. The van der Waals surface area contributed by atoms with Crippen LogP contribution in [0.15, 0.2) is 23.1 Å². The Hall–Kier alpha value is -0.870. The standard InChI is InChI=1S/C11H15NO2S/c1-8-7-9(15(2,13)14)3-4-10(8)11(12)5-6-11/h3-4,7H,5-6,12H2,1-2H3. The first kappa shape index (κ1) is 10.6. The number of nitrogens with two attached hydrogens (primary N) is 1. The number of hydrogen-bond acceptors (Lipinski definition) is 3. The van der Waals surface area contributed by atoms with E-state index in [-0.39, 0.29) is 5.54 Å². The first-order valence-corrected chi connectivity index (χ1v) is 6.82. The van der Waals surface area contributed by atoms with E-state index in [4.69, 9.17) is 5.73 Å². The van der Waals surface area contributed by atoms with E-state index in [2.05, 4.69) is 0 Å². The molecule has 0 radical (unpaired) electrons. The van der Waals surface area contributed by atoms with Gasteiger partial charge >= 0.3 is 0 Å². The van der Waals surface area contributed by atoms with Crippen LogP contribution in [-0.2, 0) is 15.4 Å². The lowest BCUT2D eigenvalue weighted by atomic mass is 10.0. The zero-order chi connectivity index (χ0) is 11.3. The first-order chi connectivity index (χ1) is 6.83. The Labute approximate surface area is 90.2 Å². The maximum Gasteiger partial charge on any atom is 0.175 e. The van der Waals surface area contributed by atoms with E-state index in [9.17, 15) is 8.42 Å². The molecule has 0 heterocycles. The van der Waals surface area contributed by atoms with E-state index in [1.807, 2.05) is 13.0 Å². The fourth-order valence-electron chi connectivity index (χ4n) is 1.83. The van der Waals surface area contributed by atoms with Crippen molar-refractivity contribution < 1.29 is 8.42 Å². The third-order valence-electron chi connectivity index (χ3n) is 2.95. The van der Waals surface area contributed by atoms with Gasteiger partial charge in [0.05, 0.1) is 4.90 Å². The van der Waals surface area contributed by atoms with Gasteiger partial charge in [0.1, 0.15) is 0 Å². The topological polar surface area (TPSA) is 60.2 Å². The molecule has 1 saturated carbocycles. The van der Waals surface area contributed by atoms with Crippen molar-refractivity contribution in [3.63, 3.8) is 0 Å². The van der Waals surface area contributed by atoms with Gasteiger partial charge < -0.3 is 5.73 Å². The Bertz CT molecular complexity index is 501. The van der Waals surface area contributed by atoms with Crippen LogP contribution in [0.25, 0.3) is 0 Å². The lowest BCUT2D eigenvalue weighted by molar-refractivity contribution is 0.601. The second kappa shape index (κ2) is 3.06. The molecule has 2 rings (SSSR count). The highest BCUT2D eigenvalue weighted by molar-refractivity contribution is 7.90. The summed E-state index contributed by atoms with van der Waals surface area (Å²) in [5, 5.41) is 0. The van der Waals surface area contributed by atoms with Gasteiger partial charge in [-0.1, -0.05) is 6.07 Å². The number of rotatable bonds is 2. The third kappa shape index (κ3) is 1.92. The zero-order valence-corrected chi connectivity index (χ0v) is 9.76. The quantitative estimate of drug-likeness (QED) is 0.826. The normalized spacial score (nSPS) is 18.9. The fraction of sp³-hybridized carbons (Fsp3) is 0.455. The lowest BCUT2D eigenvalue weighted by Gasteiger charge is -2.13. The Morgan fingerprint density at radius 2 is 1.93 bits per heavy atom. The van der Waals surface area contributed by atoms with Crippen molar-refractivity contribution >= 4 is 9.84 Å². The molecule has 0 unspecified atom stereocenters. The van der Waals surface area contributed by atoms with E-state index >= 15 is 0 Å². The monoisotopic (exact) mass is 225 g/mol. The predicted molar refractivity (Wildman–Crippen MR) is 59.4 cm³/mol. The van der Waals surface area contributed by atoms with Gasteiger partial charge in [-0.3, -0.25) is 0 Å². The average Bonchev–Trinajstić information content (AvgIpc) is 2.82. The third-order valence-corrected chi connectivity index (χ3v) is 4.06. The molecule has 1 aliphatic rings. The summed E-state index contributed by atoms with van der Waals surface area (Å²) in [7, 11) is -3.11. The van der Waals surface area contributed by atoms with E-state index in [0.29, 0.717) is 4.90 Å². The van der Waals surface area contributed by atoms with Crippen LogP contribution in [0, 0.1) is 6.92 Å². The van der Waals surface area contributed by atoms with Crippen LogP contribution in [0.4, 0.5) is 0 Å². The molecule has 0 aromatic heterocycles. The van der Waals surface area contributed by atoms with Gasteiger partial charge in [-0.05, 0) is 43.0 Å². The summed E-state index contributed by atoms with van der Waals surface area (Å²) in [6, 6.07) is 5.20. The summed E-state index contributed by atoms with van der Waals surface area (Å²) in [6.07, 6.45) is 3.20. The van der Waals surface area contributed by atoms with Crippen molar-refractivity contribution in [1.29, 1.82) is 0 Å². The Morgan fingerprint density at radius 3 is 2.33 bits per heavy atom. The summed E-state index contributed by atoms with van der Waals surface area (Å²) in [4.78, 5) is 0.369. The molecular formula is C11H15NO2S. The van der Waals surface area contributed by atoms with Crippen molar-refractivity contribution in [1.82, 2.24) is 0 Å². The SMILES string of the molecule is Cc1cc(S(C)(=O)=O)ccc1C1(N)CC1. The molecule has 3 nitrogen and oxygen atoms in total. The minimum atomic E-state index is -3.11. The van der Waals surface area contributed by atoms with E-state index in [1.165, 1.54) is 6.26 Å².